The minimum absolute atomic E-state index is 0. The number of hydrogen-bond acceptors (Lipinski definition) is 5. The third-order valence-electron chi connectivity index (χ3n) is 5.26. The number of hydrogen-bond donors (Lipinski definition) is 2. The van der Waals surface area contributed by atoms with Crippen LogP contribution in [0.2, 0.25) is 0 Å². The van der Waals surface area contributed by atoms with E-state index in [0.717, 1.165) is 36.5 Å². The van der Waals surface area contributed by atoms with E-state index in [1.807, 2.05) is 30.3 Å². The van der Waals surface area contributed by atoms with Gasteiger partial charge in [-0.2, -0.15) is 0 Å². The number of benzene rings is 2. The predicted molar refractivity (Wildman–Crippen MR) is 140 cm³/mol. The molecule has 0 saturated carbocycles. The van der Waals surface area contributed by atoms with Crippen molar-refractivity contribution in [2.45, 2.75) is 12.5 Å². The molecule has 1 aliphatic heterocycles. The zero-order chi connectivity index (χ0) is 22.6. The van der Waals surface area contributed by atoms with E-state index in [4.69, 9.17) is 14.2 Å². The summed E-state index contributed by atoms with van der Waals surface area (Å²) in [6.45, 7) is 4.81. The van der Waals surface area contributed by atoms with Crippen LogP contribution in [0.25, 0.3) is 0 Å². The normalized spacial score (nSPS) is 15.4. The van der Waals surface area contributed by atoms with Gasteiger partial charge in [0.1, 0.15) is 11.6 Å². The maximum absolute atomic E-state index is 13.9. The zero-order valence-electron chi connectivity index (χ0n) is 19.3. The molecule has 0 bridgehead atoms. The molecule has 2 aromatic carbocycles. The van der Waals surface area contributed by atoms with Crippen LogP contribution in [-0.2, 0) is 9.47 Å². The highest BCUT2D eigenvalue weighted by Gasteiger charge is 2.23. The standard InChI is InChI=1S/C24H33FN4O3.HI/c1-26-24(28-21-8-4-9-22(17-21)32-13-5-12-30-2)27-18-23(29-10-14-31-15-11-29)19-6-3-7-20(25)16-19;/h3-4,6-9,16-17,23H,5,10-15,18H2,1-2H3,(H2,26,27,28);1H. The number of aliphatic imine (C=N–C) groups is 1. The fraction of sp³-hybridized carbons (Fsp3) is 0.458. The maximum Gasteiger partial charge on any atom is 0.195 e. The molecule has 2 aromatic rings. The van der Waals surface area contributed by atoms with Crippen molar-refractivity contribution >= 4 is 35.6 Å². The molecule has 0 radical (unpaired) electrons. The Hall–Kier alpha value is -1.95. The van der Waals surface area contributed by atoms with Crippen LogP contribution in [0.15, 0.2) is 53.5 Å². The van der Waals surface area contributed by atoms with E-state index in [-0.39, 0.29) is 35.8 Å². The average molecular weight is 572 g/mol. The topological polar surface area (TPSA) is 67.4 Å². The lowest BCUT2D eigenvalue weighted by Gasteiger charge is -2.35. The van der Waals surface area contributed by atoms with Gasteiger partial charge >= 0.3 is 0 Å². The molecule has 1 unspecified atom stereocenters. The van der Waals surface area contributed by atoms with E-state index in [1.165, 1.54) is 6.07 Å². The Bertz CT molecular complexity index is 865. The molecule has 0 aliphatic carbocycles. The van der Waals surface area contributed by atoms with Gasteiger partial charge in [0.05, 0.1) is 25.9 Å². The first kappa shape index (κ1) is 27.3. The average Bonchev–Trinajstić information content (AvgIpc) is 2.82. The van der Waals surface area contributed by atoms with Crippen molar-refractivity contribution in [2.75, 3.05) is 65.5 Å². The second kappa shape index (κ2) is 15.0. The monoisotopic (exact) mass is 572 g/mol. The first-order chi connectivity index (χ1) is 15.7. The number of nitrogens with one attached hydrogen (secondary N) is 2. The van der Waals surface area contributed by atoms with E-state index in [2.05, 4.69) is 20.5 Å². The molecule has 1 aliphatic rings. The van der Waals surface area contributed by atoms with Gasteiger partial charge in [-0.25, -0.2) is 4.39 Å². The van der Waals surface area contributed by atoms with Crippen LogP contribution in [0.5, 0.6) is 5.75 Å². The fourth-order valence-electron chi connectivity index (χ4n) is 3.63. The van der Waals surface area contributed by atoms with Crippen LogP contribution in [0.4, 0.5) is 10.1 Å². The van der Waals surface area contributed by atoms with Gasteiger partial charge in [0.15, 0.2) is 5.96 Å². The quantitative estimate of drug-likeness (QED) is 0.195. The highest BCUT2D eigenvalue weighted by molar-refractivity contribution is 14.0. The molecule has 2 N–H and O–H groups in total. The first-order valence-corrected chi connectivity index (χ1v) is 11.0. The summed E-state index contributed by atoms with van der Waals surface area (Å²) in [7, 11) is 3.41. The van der Waals surface area contributed by atoms with Crippen molar-refractivity contribution < 1.29 is 18.6 Å². The first-order valence-electron chi connectivity index (χ1n) is 11.0. The minimum Gasteiger partial charge on any atom is -0.493 e. The number of methoxy groups -OCH3 is 1. The molecule has 1 saturated heterocycles. The predicted octanol–water partition coefficient (Wildman–Crippen LogP) is 3.92. The number of guanidine groups is 1. The van der Waals surface area contributed by atoms with Gasteiger partial charge in [0.25, 0.3) is 0 Å². The van der Waals surface area contributed by atoms with Crippen LogP contribution in [0.3, 0.4) is 0 Å². The summed E-state index contributed by atoms with van der Waals surface area (Å²) >= 11 is 0. The Labute approximate surface area is 212 Å². The molecule has 33 heavy (non-hydrogen) atoms. The molecule has 182 valence electrons. The van der Waals surface area contributed by atoms with Crippen LogP contribution >= 0.6 is 24.0 Å². The summed E-state index contributed by atoms with van der Waals surface area (Å²) in [4.78, 5) is 6.66. The smallest absolute Gasteiger partial charge is 0.195 e. The minimum atomic E-state index is -0.231. The molecular formula is C24H34FIN4O3. The van der Waals surface area contributed by atoms with Gasteiger partial charge in [-0.15, -0.1) is 24.0 Å². The summed E-state index contributed by atoms with van der Waals surface area (Å²) in [6, 6.07) is 14.5. The lowest BCUT2D eigenvalue weighted by molar-refractivity contribution is 0.0170. The van der Waals surface area contributed by atoms with Crippen molar-refractivity contribution in [2.24, 2.45) is 4.99 Å². The molecule has 1 atom stereocenters. The van der Waals surface area contributed by atoms with Crippen molar-refractivity contribution in [3.05, 3.63) is 59.9 Å². The van der Waals surface area contributed by atoms with Gasteiger partial charge in [0, 0.05) is 58.6 Å². The van der Waals surface area contributed by atoms with Crippen molar-refractivity contribution in [3.63, 3.8) is 0 Å². The Morgan fingerprint density at radius 3 is 2.67 bits per heavy atom. The van der Waals surface area contributed by atoms with Gasteiger partial charge in [-0.3, -0.25) is 9.89 Å². The Morgan fingerprint density at radius 2 is 1.94 bits per heavy atom. The summed E-state index contributed by atoms with van der Waals surface area (Å²) in [5.41, 5.74) is 1.80. The summed E-state index contributed by atoms with van der Waals surface area (Å²) in [5, 5.41) is 6.70. The highest BCUT2D eigenvalue weighted by Crippen LogP contribution is 2.22. The lowest BCUT2D eigenvalue weighted by atomic mass is 10.0. The van der Waals surface area contributed by atoms with E-state index in [0.29, 0.717) is 38.9 Å². The molecule has 9 heteroatoms. The van der Waals surface area contributed by atoms with Crippen LogP contribution in [0, 0.1) is 5.82 Å². The summed E-state index contributed by atoms with van der Waals surface area (Å²) < 4.78 is 30.2. The zero-order valence-corrected chi connectivity index (χ0v) is 21.6. The molecule has 0 aromatic heterocycles. The largest absolute Gasteiger partial charge is 0.493 e. The van der Waals surface area contributed by atoms with E-state index >= 15 is 0 Å². The number of ether oxygens (including phenoxy) is 3. The molecule has 0 spiro atoms. The molecule has 1 fully saturated rings. The van der Waals surface area contributed by atoms with Crippen LogP contribution in [0.1, 0.15) is 18.0 Å². The molecule has 1 heterocycles. The van der Waals surface area contributed by atoms with Gasteiger partial charge in [-0.1, -0.05) is 18.2 Å². The number of halogens is 2. The van der Waals surface area contributed by atoms with Crippen LogP contribution < -0.4 is 15.4 Å². The van der Waals surface area contributed by atoms with Crippen molar-refractivity contribution in [1.29, 1.82) is 0 Å². The van der Waals surface area contributed by atoms with E-state index < -0.39 is 0 Å². The number of morpholine rings is 1. The molecular weight excluding hydrogens is 538 g/mol. The Balaban J connectivity index is 0.00000385. The molecule has 7 nitrogen and oxygen atoms in total. The third-order valence-corrected chi connectivity index (χ3v) is 5.26. The molecule has 3 rings (SSSR count). The molecule has 0 amide bonds. The van der Waals surface area contributed by atoms with Gasteiger partial charge in [-0.05, 0) is 29.8 Å². The van der Waals surface area contributed by atoms with E-state index in [1.54, 1.807) is 26.3 Å². The fourth-order valence-corrected chi connectivity index (χ4v) is 3.63. The van der Waals surface area contributed by atoms with Gasteiger partial charge in [0.2, 0.25) is 0 Å². The number of anilines is 1. The maximum atomic E-state index is 13.9. The van der Waals surface area contributed by atoms with E-state index in [9.17, 15) is 4.39 Å². The Kier molecular flexibility index (Phi) is 12.4. The lowest BCUT2D eigenvalue weighted by Crippen LogP contribution is -2.44. The number of rotatable bonds is 10. The second-order valence-electron chi connectivity index (χ2n) is 7.52. The van der Waals surface area contributed by atoms with Crippen molar-refractivity contribution in [1.82, 2.24) is 10.2 Å². The SMILES string of the molecule is CN=C(NCC(c1cccc(F)c1)N1CCOCC1)Nc1cccc(OCCCOC)c1.I. The van der Waals surface area contributed by atoms with Crippen LogP contribution in [-0.4, -0.2) is 71.1 Å². The van der Waals surface area contributed by atoms with Gasteiger partial charge < -0.3 is 24.8 Å². The summed E-state index contributed by atoms with van der Waals surface area (Å²) in [5.74, 6) is 1.19. The summed E-state index contributed by atoms with van der Waals surface area (Å²) in [6.07, 6.45) is 0.834. The number of nitrogens with zero attached hydrogens (tertiary/aromatic N) is 2. The third kappa shape index (κ3) is 9.07. The van der Waals surface area contributed by atoms with Crippen molar-refractivity contribution in [3.8, 4) is 5.75 Å². The highest BCUT2D eigenvalue weighted by atomic mass is 127. The second-order valence-corrected chi connectivity index (χ2v) is 7.52. The Morgan fingerprint density at radius 1 is 1.15 bits per heavy atom.